The van der Waals surface area contributed by atoms with Gasteiger partial charge in [-0.05, 0) is 48.3 Å². The van der Waals surface area contributed by atoms with E-state index in [0.717, 1.165) is 49.7 Å². The smallest absolute Gasteiger partial charge is 0.169 e. The third-order valence-corrected chi connectivity index (χ3v) is 5.36. The number of hydrogen-bond acceptors (Lipinski definition) is 0. The minimum atomic E-state index is -1.18. The van der Waals surface area contributed by atoms with Crippen molar-refractivity contribution >= 4 is 22.4 Å². The molecule has 0 aliphatic carbocycles. The van der Waals surface area contributed by atoms with Crippen molar-refractivity contribution in [3.05, 3.63) is 95.3 Å². The number of rotatable bonds is 9. The third kappa shape index (κ3) is 5.02. The lowest BCUT2D eigenvalue weighted by Crippen LogP contribution is -1.93. The fourth-order valence-electron chi connectivity index (χ4n) is 3.58. The van der Waals surface area contributed by atoms with Gasteiger partial charge in [-0.25, -0.2) is 13.2 Å². The van der Waals surface area contributed by atoms with Crippen LogP contribution in [-0.4, -0.2) is 0 Å². The fraction of sp³-hybridized carbons (Fsp3) is 0.259. The number of allylic oxidation sites excluding steroid dienone is 1. The number of fused-ring (bicyclic) bond motifs is 1. The molecule has 0 fully saturated rings. The van der Waals surface area contributed by atoms with Crippen LogP contribution in [0, 0.1) is 5.82 Å². The summed E-state index contributed by atoms with van der Waals surface area (Å²) in [6.07, 6.45) is 7.71. The van der Waals surface area contributed by atoms with Gasteiger partial charge in [-0.15, -0.1) is 6.58 Å². The van der Waals surface area contributed by atoms with Crippen molar-refractivity contribution in [2.45, 2.75) is 45.4 Å². The van der Waals surface area contributed by atoms with Gasteiger partial charge in [-0.1, -0.05) is 74.4 Å². The first kappa shape index (κ1) is 21.9. The second-order valence-corrected chi connectivity index (χ2v) is 7.59. The minimum absolute atomic E-state index is 0.0978. The zero-order valence-corrected chi connectivity index (χ0v) is 17.4. The normalized spacial score (nSPS) is 12.1. The highest BCUT2D eigenvalue weighted by molar-refractivity contribution is 5.91. The Bertz CT molecular complexity index is 1050. The summed E-state index contributed by atoms with van der Waals surface area (Å²) in [7, 11) is 0. The molecule has 0 saturated heterocycles. The van der Waals surface area contributed by atoms with Gasteiger partial charge in [0.05, 0.1) is 0 Å². The van der Waals surface area contributed by atoms with Crippen LogP contribution in [0.4, 0.5) is 13.2 Å². The highest BCUT2D eigenvalue weighted by Crippen LogP contribution is 2.33. The molecule has 0 atom stereocenters. The molecule has 0 saturated carbocycles. The molecule has 3 rings (SSSR count). The van der Waals surface area contributed by atoms with Crippen molar-refractivity contribution in [3.63, 3.8) is 0 Å². The first-order chi connectivity index (χ1) is 14.5. The number of hydrogen-bond donors (Lipinski definition) is 0. The molecule has 0 radical (unpaired) electrons. The second-order valence-electron chi connectivity index (χ2n) is 7.59. The van der Waals surface area contributed by atoms with Crippen molar-refractivity contribution in [1.82, 2.24) is 0 Å². The van der Waals surface area contributed by atoms with Gasteiger partial charge in [0, 0.05) is 16.5 Å². The molecule has 30 heavy (non-hydrogen) atoms. The highest BCUT2D eigenvalue weighted by Gasteiger charge is 2.17. The lowest BCUT2D eigenvalue weighted by molar-refractivity contribution is 0.622. The van der Waals surface area contributed by atoms with Gasteiger partial charge >= 0.3 is 0 Å². The summed E-state index contributed by atoms with van der Waals surface area (Å²) in [5.41, 5.74) is 1.88. The number of halogens is 3. The van der Waals surface area contributed by atoms with Gasteiger partial charge in [0.25, 0.3) is 0 Å². The Morgan fingerprint density at radius 2 is 1.60 bits per heavy atom. The molecule has 156 valence electrons. The third-order valence-electron chi connectivity index (χ3n) is 5.36. The molecule has 0 nitrogen and oxygen atoms in total. The maximum atomic E-state index is 15.0. The average molecular weight is 409 g/mol. The Hall–Kier alpha value is -2.81. The zero-order chi connectivity index (χ0) is 21.5. The number of benzene rings is 3. The quantitative estimate of drug-likeness (QED) is 0.189. The largest absolute Gasteiger partial charge is 0.206 e. The molecule has 0 aliphatic heterocycles. The Morgan fingerprint density at radius 3 is 2.30 bits per heavy atom. The van der Waals surface area contributed by atoms with Crippen molar-refractivity contribution in [2.24, 2.45) is 0 Å². The van der Waals surface area contributed by atoms with E-state index in [-0.39, 0.29) is 11.1 Å². The van der Waals surface area contributed by atoms with Gasteiger partial charge in [0.15, 0.2) is 11.7 Å². The molecular weight excluding hydrogens is 381 g/mol. The van der Waals surface area contributed by atoms with Gasteiger partial charge in [-0.2, -0.15) is 0 Å². The van der Waals surface area contributed by atoms with Crippen LogP contribution in [0.25, 0.3) is 22.4 Å². The van der Waals surface area contributed by atoms with Crippen LogP contribution >= 0.6 is 0 Å². The zero-order valence-electron chi connectivity index (χ0n) is 17.4. The minimum Gasteiger partial charge on any atom is -0.206 e. The molecule has 3 aromatic carbocycles. The molecule has 3 heteroatoms. The van der Waals surface area contributed by atoms with Crippen LogP contribution in [0.2, 0.25) is 0 Å². The van der Waals surface area contributed by atoms with E-state index in [4.69, 9.17) is 0 Å². The molecule has 0 aromatic heterocycles. The fourth-order valence-corrected chi connectivity index (χ4v) is 3.58. The molecular formula is C27H27F3. The van der Waals surface area contributed by atoms with E-state index >= 15 is 0 Å². The average Bonchev–Trinajstić information content (AvgIpc) is 2.77. The topological polar surface area (TPSA) is 0 Å². The number of unbranched alkanes of at least 4 members (excludes halogenated alkanes) is 2. The summed E-state index contributed by atoms with van der Waals surface area (Å²) in [4.78, 5) is 0. The highest BCUT2D eigenvalue weighted by atomic mass is 19.2. The van der Waals surface area contributed by atoms with E-state index in [9.17, 15) is 13.2 Å². The van der Waals surface area contributed by atoms with Crippen LogP contribution in [0.3, 0.4) is 0 Å². The number of aryl methyl sites for hydroxylation is 2. The predicted octanol–water partition coefficient (Wildman–Crippen LogP) is 8.60. The molecule has 0 aliphatic rings. The monoisotopic (exact) mass is 408 g/mol. The second kappa shape index (κ2) is 10.3. The SMILES string of the molecule is C=CCCc1ccc(C(F)=C(F)c2ccc3cc(CCCCC)ccc3c2F)cc1. The first-order valence-electron chi connectivity index (χ1n) is 10.5. The van der Waals surface area contributed by atoms with Crippen LogP contribution < -0.4 is 0 Å². The van der Waals surface area contributed by atoms with Crippen molar-refractivity contribution < 1.29 is 13.2 Å². The van der Waals surface area contributed by atoms with Gasteiger partial charge in [-0.3, -0.25) is 0 Å². The Kier molecular flexibility index (Phi) is 7.51. The summed E-state index contributed by atoms with van der Waals surface area (Å²) in [6, 6.07) is 15.0. The molecule has 0 amide bonds. The van der Waals surface area contributed by atoms with E-state index < -0.39 is 17.5 Å². The molecule has 0 unspecified atom stereocenters. The lowest BCUT2D eigenvalue weighted by Gasteiger charge is -2.09. The maximum absolute atomic E-state index is 15.0. The molecule has 0 N–H and O–H groups in total. The molecule has 0 bridgehead atoms. The Labute approximate surface area is 176 Å². The Morgan fingerprint density at radius 1 is 0.867 bits per heavy atom. The van der Waals surface area contributed by atoms with E-state index in [0.29, 0.717) is 10.8 Å². The van der Waals surface area contributed by atoms with Crippen LogP contribution in [-0.2, 0) is 12.8 Å². The van der Waals surface area contributed by atoms with Crippen LogP contribution in [0.15, 0.2) is 67.3 Å². The summed E-state index contributed by atoms with van der Waals surface area (Å²) < 4.78 is 44.6. The molecule has 3 aromatic rings. The van der Waals surface area contributed by atoms with E-state index in [2.05, 4.69) is 13.5 Å². The van der Waals surface area contributed by atoms with Crippen LogP contribution in [0.1, 0.15) is 54.9 Å². The first-order valence-corrected chi connectivity index (χ1v) is 10.5. The van der Waals surface area contributed by atoms with Crippen molar-refractivity contribution in [3.8, 4) is 0 Å². The van der Waals surface area contributed by atoms with Crippen molar-refractivity contribution in [1.29, 1.82) is 0 Å². The van der Waals surface area contributed by atoms with Crippen molar-refractivity contribution in [2.75, 3.05) is 0 Å². The van der Waals surface area contributed by atoms with E-state index in [1.54, 1.807) is 24.3 Å². The van der Waals surface area contributed by atoms with Gasteiger partial charge < -0.3 is 0 Å². The standard InChI is InChI=1S/C27H27F3/c1-3-5-7-9-20-12-16-23-22(18-20)15-17-24(26(23)29)27(30)25(28)21-13-10-19(11-14-21)8-6-4-2/h4,10-18H,2-3,5-9H2,1H3. The summed E-state index contributed by atoms with van der Waals surface area (Å²) >= 11 is 0. The van der Waals surface area contributed by atoms with E-state index in [1.807, 2.05) is 18.2 Å². The predicted molar refractivity (Wildman–Crippen MR) is 121 cm³/mol. The molecule has 0 heterocycles. The van der Waals surface area contributed by atoms with Crippen LogP contribution in [0.5, 0.6) is 0 Å². The van der Waals surface area contributed by atoms with Gasteiger partial charge in [0.2, 0.25) is 0 Å². The summed E-state index contributed by atoms with van der Waals surface area (Å²) in [6.45, 7) is 5.83. The summed E-state index contributed by atoms with van der Waals surface area (Å²) in [5.74, 6) is -2.97. The lowest BCUT2D eigenvalue weighted by atomic mass is 9.99. The Balaban J connectivity index is 1.89. The maximum Gasteiger partial charge on any atom is 0.169 e. The van der Waals surface area contributed by atoms with Gasteiger partial charge in [0.1, 0.15) is 5.82 Å². The summed E-state index contributed by atoms with van der Waals surface area (Å²) in [5, 5.41) is 1.000. The van der Waals surface area contributed by atoms with E-state index in [1.165, 1.54) is 18.2 Å². The molecule has 0 spiro atoms.